The van der Waals surface area contributed by atoms with Crippen molar-refractivity contribution in [2.45, 2.75) is 24.7 Å². The number of carbonyl (C=O) groups is 2. The first kappa shape index (κ1) is 19.9. The molecule has 1 amide bonds. The van der Waals surface area contributed by atoms with Crippen molar-refractivity contribution in [3.8, 4) is 0 Å². The fourth-order valence-electron chi connectivity index (χ4n) is 3.94. The minimum Gasteiger partial charge on any atom is -0.459 e. The average molecular weight is 401 g/mol. The van der Waals surface area contributed by atoms with Gasteiger partial charge in [0.2, 0.25) is 0 Å². The summed E-state index contributed by atoms with van der Waals surface area (Å²) < 4.78 is 5.55. The molecule has 5 nitrogen and oxygen atoms in total. The molecule has 0 radical (unpaired) electrons. The first-order valence-electron chi connectivity index (χ1n) is 9.94. The van der Waals surface area contributed by atoms with Crippen molar-refractivity contribution in [1.82, 2.24) is 4.90 Å². The number of ether oxygens (including phenoxy) is 1. The van der Waals surface area contributed by atoms with E-state index in [1.165, 1.54) is 4.90 Å². The summed E-state index contributed by atoms with van der Waals surface area (Å²) in [6.45, 7) is 0.332. The third kappa shape index (κ3) is 3.84. The largest absolute Gasteiger partial charge is 0.459 e. The van der Waals surface area contributed by atoms with Crippen LogP contribution in [0, 0.1) is 0 Å². The van der Waals surface area contributed by atoms with Crippen LogP contribution in [0.4, 0.5) is 0 Å². The highest BCUT2D eigenvalue weighted by Gasteiger charge is 2.54. The molecule has 0 bridgehead atoms. The van der Waals surface area contributed by atoms with Gasteiger partial charge in [-0.2, -0.15) is 0 Å². The molecule has 1 heterocycles. The molecule has 3 aromatic rings. The van der Waals surface area contributed by atoms with E-state index in [2.05, 4.69) is 0 Å². The number of hydrogen-bond acceptors (Lipinski definition) is 4. The van der Waals surface area contributed by atoms with Gasteiger partial charge in [-0.3, -0.25) is 4.79 Å². The Labute approximate surface area is 175 Å². The zero-order valence-corrected chi connectivity index (χ0v) is 16.5. The lowest BCUT2D eigenvalue weighted by molar-refractivity contribution is -0.157. The molecule has 152 valence electrons. The molecule has 1 aliphatic rings. The minimum atomic E-state index is -1.51. The van der Waals surface area contributed by atoms with Crippen LogP contribution in [0.1, 0.15) is 27.9 Å². The van der Waals surface area contributed by atoms with Gasteiger partial charge < -0.3 is 14.7 Å². The van der Waals surface area contributed by atoms with Crippen LogP contribution in [0.25, 0.3) is 0 Å². The Morgan fingerprint density at radius 3 is 2.10 bits per heavy atom. The first-order chi connectivity index (χ1) is 14.6. The summed E-state index contributed by atoms with van der Waals surface area (Å²) in [5.41, 5.74) is 0.387. The minimum absolute atomic E-state index is 0.0778. The molecule has 0 saturated carbocycles. The van der Waals surface area contributed by atoms with Crippen molar-refractivity contribution in [3.63, 3.8) is 0 Å². The number of rotatable bonds is 5. The van der Waals surface area contributed by atoms with Gasteiger partial charge in [0.15, 0.2) is 6.04 Å². The van der Waals surface area contributed by atoms with E-state index in [-0.39, 0.29) is 25.5 Å². The number of amides is 1. The Morgan fingerprint density at radius 2 is 1.47 bits per heavy atom. The van der Waals surface area contributed by atoms with E-state index < -0.39 is 17.6 Å². The van der Waals surface area contributed by atoms with Crippen LogP contribution in [-0.2, 0) is 21.7 Å². The number of aliphatic hydroxyl groups is 1. The summed E-state index contributed by atoms with van der Waals surface area (Å²) in [7, 11) is 0. The molecule has 3 aromatic carbocycles. The summed E-state index contributed by atoms with van der Waals surface area (Å²) in [4.78, 5) is 27.8. The van der Waals surface area contributed by atoms with Crippen molar-refractivity contribution in [1.29, 1.82) is 0 Å². The third-order valence-electron chi connectivity index (χ3n) is 5.50. The van der Waals surface area contributed by atoms with Crippen LogP contribution >= 0.6 is 0 Å². The Hall–Kier alpha value is -3.44. The second-order valence-electron chi connectivity index (χ2n) is 7.40. The number of esters is 1. The Morgan fingerprint density at radius 1 is 0.900 bits per heavy atom. The lowest BCUT2D eigenvalue weighted by Gasteiger charge is -2.32. The van der Waals surface area contributed by atoms with Crippen molar-refractivity contribution < 1.29 is 19.4 Å². The molecular formula is C25H23NO4. The maximum Gasteiger partial charge on any atom is 0.332 e. The number of nitrogens with zero attached hydrogens (tertiary/aromatic N) is 1. The summed E-state index contributed by atoms with van der Waals surface area (Å²) in [6, 6.07) is 26.0. The van der Waals surface area contributed by atoms with E-state index in [9.17, 15) is 14.7 Å². The first-order valence-corrected chi connectivity index (χ1v) is 9.94. The van der Waals surface area contributed by atoms with Crippen LogP contribution < -0.4 is 0 Å². The number of carbonyl (C=O) groups excluding carboxylic acids is 2. The second-order valence-corrected chi connectivity index (χ2v) is 7.40. The summed E-state index contributed by atoms with van der Waals surface area (Å²) in [6.07, 6.45) is 0.251. The van der Waals surface area contributed by atoms with E-state index in [4.69, 9.17) is 4.74 Å². The average Bonchev–Trinajstić information content (AvgIpc) is 3.17. The maximum absolute atomic E-state index is 13.2. The highest BCUT2D eigenvalue weighted by molar-refractivity contribution is 5.97. The summed E-state index contributed by atoms with van der Waals surface area (Å²) in [5.74, 6) is -0.920. The van der Waals surface area contributed by atoms with Gasteiger partial charge in [-0.05, 0) is 23.3 Å². The quantitative estimate of drug-likeness (QED) is 0.664. The standard InChI is InChI=1S/C25H23NO4/c27-23(20-12-6-2-7-13-20)26-17-16-25(29,21-14-8-3-9-15-21)22(26)24(28)30-18-19-10-4-1-5-11-19/h1-15,22,29H,16-18H2/t22-,25?/m1/s1. The molecule has 1 N–H and O–H groups in total. The number of likely N-dealkylation sites (tertiary alicyclic amines) is 1. The van der Waals surface area contributed by atoms with Crippen LogP contribution in [-0.4, -0.2) is 34.5 Å². The predicted molar refractivity (Wildman–Crippen MR) is 112 cm³/mol. The second kappa shape index (κ2) is 8.51. The smallest absolute Gasteiger partial charge is 0.332 e. The lowest BCUT2D eigenvalue weighted by Crippen LogP contribution is -2.51. The van der Waals surface area contributed by atoms with Gasteiger partial charge in [0.1, 0.15) is 12.2 Å². The van der Waals surface area contributed by atoms with Crippen molar-refractivity contribution in [2.24, 2.45) is 0 Å². The van der Waals surface area contributed by atoms with E-state index in [1.54, 1.807) is 48.5 Å². The van der Waals surface area contributed by atoms with Gasteiger partial charge in [0, 0.05) is 18.5 Å². The van der Waals surface area contributed by atoms with E-state index in [0.29, 0.717) is 11.1 Å². The van der Waals surface area contributed by atoms with Crippen LogP contribution in [0.15, 0.2) is 91.0 Å². The highest BCUT2D eigenvalue weighted by atomic mass is 16.5. The molecule has 30 heavy (non-hydrogen) atoms. The maximum atomic E-state index is 13.2. The number of hydrogen-bond donors (Lipinski definition) is 1. The van der Waals surface area contributed by atoms with Crippen LogP contribution in [0.2, 0.25) is 0 Å². The fourth-order valence-corrected chi connectivity index (χ4v) is 3.94. The van der Waals surface area contributed by atoms with Gasteiger partial charge in [-0.15, -0.1) is 0 Å². The van der Waals surface area contributed by atoms with Crippen LogP contribution in [0.3, 0.4) is 0 Å². The molecular weight excluding hydrogens is 378 g/mol. The molecule has 0 aliphatic carbocycles. The summed E-state index contributed by atoms with van der Waals surface area (Å²) >= 11 is 0. The normalized spacial score (nSPS) is 20.7. The molecule has 0 aromatic heterocycles. The van der Waals surface area contributed by atoms with Crippen molar-refractivity contribution >= 4 is 11.9 Å². The molecule has 5 heteroatoms. The topological polar surface area (TPSA) is 66.8 Å². The van der Waals surface area contributed by atoms with Crippen molar-refractivity contribution in [2.75, 3.05) is 6.54 Å². The van der Waals surface area contributed by atoms with E-state index in [0.717, 1.165) is 5.56 Å². The van der Waals surface area contributed by atoms with Crippen LogP contribution in [0.5, 0.6) is 0 Å². The number of benzene rings is 3. The van der Waals surface area contributed by atoms with Gasteiger partial charge in [0.25, 0.3) is 5.91 Å². The molecule has 0 spiro atoms. The summed E-state index contributed by atoms with van der Waals surface area (Å²) in [5, 5.41) is 11.6. The zero-order chi connectivity index (χ0) is 21.0. The van der Waals surface area contributed by atoms with Crippen molar-refractivity contribution in [3.05, 3.63) is 108 Å². The Kier molecular flexibility index (Phi) is 5.63. The molecule has 1 fully saturated rings. The molecule has 1 unspecified atom stereocenters. The molecule has 4 rings (SSSR count). The van der Waals surface area contributed by atoms with Gasteiger partial charge in [-0.1, -0.05) is 78.9 Å². The van der Waals surface area contributed by atoms with Gasteiger partial charge in [0.05, 0.1) is 0 Å². The monoisotopic (exact) mass is 401 g/mol. The third-order valence-corrected chi connectivity index (χ3v) is 5.50. The SMILES string of the molecule is O=C(OCc1ccccc1)[C@H]1N(C(=O)c2ccccc2)CCC1(O)c1ccccc1. The lowest BCUT2D eigenvalue weighted by atomic mass is 9.86. The van der Waals surface area contributed by atoms with E-state index >= 15 is 0 Å². The van der Waals surface area contributed by atoms with Gasteiger partial charge in [-0.25, -0.2) is 4.79 Å². The van der Waals surface area contributed by atoms with Gasteiger partial charge >= 0.3 is 5.97 Å². The predicted octanol–water partition coefficient (Wildman–Crippen LogP) is 3.53. The fraction of sp³-hybridized carbons (Fsp3) is 0.200. The Balaban J connectivity index is 1.64. The molecule has 2 atom stereocenters. The Bertz CT molecular complexity index is 1010. The highest BCUT2D eigenvalue weighted by Crippen LogP contribution is 2.39. The van der Waals surface area contributed by atoms with E-state index in [1.807, 2.05) is 42.5 Å². The zero-order valence-electron chi connectivity index (χ0n) is 16.5. The molecule has 1 aliphatic heterocycles. The molecule has 1 saturated heterocycles.